The molecule has 8 nitrogen and oxygen atoms in total. The normalized spacial score (nSPS) is 11.0. The van der Waals surface area contributed by atoms with Crippen LogP contribution in [-0.2, 0) is 4.79 Å². The van der Waals surface area contributed by atoms with Crippen molar-refractivity contribution < 1.29 is 19.3 Å². The number of para-hydroxylation sites is 1. The molecule has 0 aliphatic carbocycles. The minimum Gasteiger partial charge on any atom is -0.321 e. The summed E-state index contributed by atoms with van der Waals surface area (Å²) in [5.41, 5.74) is 0.845. The van der Waals surface area contributed by atoms with Gasteiger partial charge in [-0.15, -0.1) is 11.8 Å². The van der Waals surface area contributed by atoms with Gasteiger partial charge < -0.3 is 10.6 Å². The first-order valence-corrected chi connectivity index (χ1v) is 13.8. The molecule has 0 spiro atoms. The van der Waals surface area contributed by atoms with Crippen molar-refractivity contribution in [2.24, 2.45) is 0 Å². The minimum absolute atomic E-state index is 0.116. The summed E-state index contributed by atoms with van der Waals surface area (Å²) < 4.78 is 0. The van der Waals surface area contributed by atoms with E-state index in [-0.39, 0.29) is 33.5 Å². The van der Waals surface area contributed by atoms with Gasteiger partial charge >= 0.3 is 0 Å². The summed E-state index contributed by atoms with van der Waals surface area (Å²) in [7, 11) is 0. The number of anilines is 1. The lowest BCUT2D eigenvalue weighted by Crippen LogP contribution is -2.30. The maximum Gasteiger partial charge on any atom is 0.276 e. The van der Waals surface area contributed by atoms with Gasteiger partial charge in [-0.25, -0.2) is 0 Å². The summed E-state index contributed by atoms with van der Waals surface area (Å²) in [4.78, 5) is 50.5. The highest BCUT2D eigenvalue weighted by Gasteiger charge is 2.18. The van der Waals surface area contributed by atoms with E-state index in [0.29, 0.717) is 26.7 Å². The predicted molar refractivity (Wildman–Crippen MR) is 162 cm³/mol. The molecule has 0 bridgehead atoms. The van der Waals surface area contributed by atoms with E-state index in [0.717, 1.165) is 0 Å². The summed E-state index contributed by atoms with van der Waals surface area (Å²) in [6.45, 7) is 0. The molecule has 0 unspecified atom stereocenters. The second-order valence-electron chi connectivity index (χ2n) is 8.52. The van der Waals surface area contributed by atoms with Crippen LogP contribution in [0.4, 0.5) is 11.4 Å². The van der Waals surface area contributed by atoms with Crippen LogP contribution in [0.5, 0.6) is 0 Å². The first-order chi connectivity index (χ1) is 19.7. The fourth-order valence-corrected chi connectivity index (χ4v) is 4.79. The Kier molecular flexibility index (Phi) is 9.91. The zero-order valence-corrected chi connectivity index (χ0v) is 23.5. The second kappa shape index (κ2) is 13.8. The number of benzene rings is 4. The molecule has 0 aliphatic rings. The highest BCUT2D eigenvalue weighted by molar-refractivity contribution is 8.00. The predicted octanol–water partition coefficient (Wildman–Crippen LogP) is 7.29. The molecule has 2 amide bonds. The Balaban J connectivity index is 1.53. The Morgan fingerprint density at radius 1 is 0.829 bits per heavy atom. The van der Waals surface area contributed by atoms with Gasteiger partial charge in [0.15, 0.2) is 5.78 Å². The van der Waals surface area contributed by atoms with Crippen molar-refractivity contribution in [3.8, 4) is 0 Å². The number of hydrogen-bond donors (Lipinski definition) is 2. The molecular weight excluding hydrogens is 585 g/mol. The van der Waals surface area contributed by atoms with E-state index < -0.39 is 16.7 Å². The van der Waals surface area contributed by atoms with Crippen LogP contribution in [0.15, 0.2) is 108 Å². The standard InChI is InChI=1S/C30H21Cl2N3O5S/c31-24-14-13-21(15-25(24)32)28(36)18-41-23-11-6-10-22(17-23)33-30(38)26(34-29(37)19-7-2-1-3-8-19)16-20-9-4-5-12-27(20)35(39)40/h1-17H,18H2,(H,33,38)(H,34,37)/b26-16-. The molecule has 0 heterocycles. The van der Waals surface area contributed by atoms with Crippen molar-refractivity contribution in [3.05, 3.63) is 140 Å². The van der Waals surface area contributed by atoms with Gasteiger partial charge in [-0.1, -0.05) is 59.6 Å². The smallest absolute Gasteiger partial charge is 0.276 e. The summed E-state index contributed by atoms with van der Waals surface area (Å²) in [6.07, 6.45) is 1.25. The van der Waals surface area contributed by atoms with Crippen molar-refractivity contribution in [2.45, 2.75) is 4.90 Å². The molecule has 0 aromatic heterocycles. The Hall–Kier alpha value is -4.44. The summed E-state index contributed by atoms with van der Waals surface area (Å²) in [5.74, 6) is -1.29. The Bertz CT molecular complexity index is 1660. The van der Waals surface area contributed by atoms with Gasteiger partial charge in [0.1, 0.15) is 5.70 Å². The van der Waals surface area contributed by atoms with Crippen LogP contribution in [0.1, 0.15) is 26.3 Å². The number of amides is 2. The van der Waals surface area contributed by atoms with Crippen LogP contribution in [0.2, 0.25) is 10.0 Å². The van der Waals surface area contributed by atoms with Gasteiger partial charge in [-0.2, -0.15) is 0 Å². The van der Waals surface area contributed by atoms with E-state index in [2.05, 4.69) is 10.6 Å². The van der Waals surface area contributed by atoms with Gasteiger partial charge in [-0.3, -0.25) is 24.5 Å². The van der Waals surface area contributed by atoms with E-state index in [9.17, 15) is 24.5 Å². The van der Waals surface area contributed by atoms with Gasteiger partial charge in [0, 0.05) is 27.8 Å². The molecule has 206 valence electrons. The number of nitro groups is 1. The number of ketones is 1. The average molecular weight is 606 g/mol. The van der Waals surface area contributed by atoms with Crippen molar-refractivity contribution >= 4 is 70.0 Å². The lowest BCUT2D eigenvalue weighted by atomic mass is 10.1. The van der Waals surface area contributed by atoms with E-state index in [1.807, 2.05) is 0 Å². The Morgan fingerprint density at radius 2 is 1.56 bits per heavy atom. The van der Waals surface area contributed by atoms with Crippen molar-refractivity contribution in [1.29, 1.82) is 0 Å². The number of nitrogens with zero attached hydrogens (tertiary/aromatic N) is 1. The lowest BCUT2D eigenvalue weighted by Gasteiger charge is -2.12. The Labute approximate surface area is 249 Å². The molecule has 0 saturated carbocycles. The lowest BCUT2D eigenvalue weighted by molar-refractivity contribution is -0.385. The highest BCUT2D eigenvalue weighted by atomic mass is 35.5. The molecule has 4 rings (SSSR count). The van der Waals surface area contributed by atoms with Gasteiger partial charge in [-0.05, 0) is 60.7 Å². The highest BCUT2D eigenvalue weighted by Crippen LogP contribution is 2.26. The Morgan fingerprint density at radius 3 is 2.29 bits per heavy atom. The maximum atomic E-state index is 13.3. The number of rotatable bonds is 10. The van der Waals surface area contributed by atoms with Gasteiger partial charge in [0.25, 0.3) is 17.5 Å². The number of halogens is 2. The van der Waals surface area contributed by atoms with Gasteiger partial charge in [0.05, 0.1) is 26.3 Å². The number of nitrogens with one attached hydrogen (secondary N) is 2. The molecule has 4 aromatic carbocycles. The maximum absolute atomic E-state index is 13.3. The average Bonchev–Trinajstić information content (AvgIpc) is 2.97. The van der Waals surface area contributed by atoms with Crippen LogP contribution >= 0.6 is 35.0 Å². The fraction of sp³-hybridized carbons (Fsp3) is 0.0333. The fourth-order valence-electron chi connectivity index (χ4n) is 3.64. The molecule has 0 aliphatic heterocycles. The van der Waals surface area contributed by atoms with Gasteiger partial charge in [0.2, 0.25) is 0 Å². The molecule has 0 atom stereocenters. The number of hydrogen-bond acceptors (Lipinski definition) is 6. The van der Waals surface area contributed by atoms with Crippen LogP contribution in [-0.4, -0.2) is 28.3 Å². The number of carbonyl (C=O) groups is 3. The molecule has 11 heteroatoms. The zero-order valence-electron chi connectivity index (χ0n) is 21.2. The van der Waals surface area contributed by atoms with Crippen LogP contribution in [0.25, 0.3) is 6.08 Å². The third-order valence-electron chi connectivity index (χ3n) is 5.67. The third-order valence-corrected chi connectivity index (χ3v) is 7.40. The van der Waals surface area contributed by atoms with Crippen molar-refractivity contribution in [3.63, 3.8) is 0 Å². The second-order valence-corrected chi connectivity index (χ2v) is 10.4. The van der Waals surface area contributed by atoms with E-state index in [1.165, 1.54) is 42.1 Å². The zero-order chi connectivity index (χ0) is 29.4. The molecule has 0 saturated heterocycles. The number of thioether (sulfide) groups is 1. The van der Waals surface area contributed by atoms with E-state index in [1.54, 1.807) is 72.8 Å². The minimum atomic E-state index is -0.693. The summed E-state index contributed by atoms with van der Waals surface area (Å²) >= 11 is 13.2. The van der Waals surface area contributed by atoms with Crippen LogP contribution < -0.4 is 10.6 Å². The van der Waals surface area contributed by atoms with Crippen LogP contribution in [0.3, 0.4) is 0 Å². The summed E-state index contributed by atoms with van der Waals surface area (Å²) in [5, 5.41) is 17.5. The van der Waals surface area contributed by atoms with Crippen LogP contribution in [0, 0.1) is 10.1 Å². The van der Waals surface area contributed by atoms with Crippen molar-refractivity contribution in [2.75, 3.05) is 11.1 Å². The molecule has 41 heavy (non-hydrogen) atoms. The first kappa shape index (κ1) is 29.5. The molecule has 0 radical (unpaired) electrons. The number of Topliss-reactive ketones (excluding diaryl/α,β-unsaturated/α-hetero) is 1. The molecule has 4 aromatic rings. The number of nitro benzene ring substituents is 1. The first-order valence-electron chi connectivity index (χ1n) is 12.1. The molecule has 2 N–H and O–H groups in total. The monoisotopic (exact) mass is 605 g/mol. The molecular formula is C30H21Cl2N3O5S. The quantitative estimate of drug-likeness (QED) is 0.0644. The van der Waals surface area contributed by atoms with Crippen molar-refractivity contribution in [1.82, 2.24) is 5.32 Å². The summed E-state index contributed by atoms with van der Waals surface area (Å²) in [6, 6.07) is 25.6. The number of carbonyl (C=O) groups excluding carboxylic acids is 3. The van der Waals surface area contributed by atoms with E-state index >= 15 is 0 Å². The SMILES string of the molecule is O=C(Nc1cccc(SCC(=O)c2ccc(Cl)c(Cl)c2)c1)/C(=C/c1ccccc1[N+](=O)[O-])NC(=O)c1ccccc1. The topological polar surface area (TPSA) is 118 Å². The van der Waals surface area contributed by atoms with E-state index in [4.69, 9.17) is 23.2 Å². The molecule has 0 fully saturated rings. The largest absolute Gasteiger partial charge is 0.321 e. The third kappa shape index (κ3) is 8.04.